The average Bonchev–Trinajstić information content (AvgIpc) is 2.91. The lowest BCUT2D eigenvalue weighted by atomic mass is 10.2. The topological polar surface area (TPSA) is 120 Å². The number of ether oxygens (including phenoxy) is 2. The van der Waals surface area contributed by atoms with Gasteiger partial charge in [-0.25, -0.2) is 18.1 Å². The Hall–Kier alpha value is -3.11. The van der Waals surface area contributed by atoms with Crippen LogP contribution in [-0.4, -0.2) is 39.1 Å². The van der Waals surface area contributed by atoms with Gasteiger partial charge in [-0.1, -0.05) is 0 Å². The highest BCUT2D eigenvalue weighted by molar-refractivity contribution is 7.89. The number of anilines is 1. The standard InChI is InChI=1S/C20H21N3O6S/c1-13-22-16-11-14(3-5-17(16)29-13)23-20(24)7-8-21-30(25,26)15-4-6-18-19(12-15)28-10-2-9-27-18/h3-6,11-12,21H,2,7-10H2,1H3,(H,23,24). The molecule has 30 heavy (non-hydrogen) atoms. The van der Waals surface area contributed by atoms with Gasteiger partial charge in [0.2, 0.25) is 15.9 Å². The maximum atomic E-state index is 12.5. The molecule has 0 fully saturated rings. The second kappa shape index (κ2) is 8.33. The van der Waals surface area contributed by atoms with Crippen molar-refractivity contribution in [3.63, 3.8) is 0 Å². The fraction of sp³-hybridized carbons (Fsp3) is 0.300. The average molecular weight is 431 g/mol. The zero-order valence-corrected chi connectivity index (χ0v) is 17.1. The summed E-state index contributed by atoms with van der Waals surface area (Å²) in [6, 6.07) is 9.57. The van der Waals surface area contributed by atoms with Crippen molar-refractivity contribution in [3.05, 3.63) is 42.3 Å². The highest BCUT2D eigenvalue weighted by Gasteiger charge is 2.19. The van der Waals surface area contributed by atoms with Gasteiger partial charge in [0, 0.05) is 38.1 Å². The number of aryl methyl sites for hydroxylation is 1. The molecule has 158 valence electrons. The van der Waals surface area contributed by atoms with Gasteiger partial charge in [0.25, 0.3) is 0 Å². The highest BCUT2D eigenvalue weighted by atomic mass is 32.2. The number of carbonyl (C=O) groups excluding carboxylic acids is 1. The number of benzene rings is 2. The first-order valence-corrected chi connectivity index (χ1v) is 11.0. The summed E-state index contributed by atoms with van der Waals surface area (Å²) >= 11 is 0. The highest BCUT2D eigenvalue weighted by Crippen LogP contribution is 2.31. The molecule has 2 N–H and O–H groups in total. The van der Waals surface area contributed by atoms with E-state index in [0.717, 1.165) is 6.42 Å². The normalized spacial score (nSPS) is 13.8. The van der Waals surface area contributed by atoms with Gasteiger partial charge in [0.1, 0.15) is 5.52 Å². The van der Waals surface area contributed by atoms with Crippen molar-refractivity contribution in [2.75, 3.05) is 25.1 Å². The molecule has 1 aliphatic rings. The minimum Gasteiger partial charge on any atom is -0.490 e. The lowest BCUT2D eigenvalue weighted by Gasteiger charge is -2.11. The zero-order valence-electron chi connectivity index (χ0n) is 16.3. The number of hydrogen-bond acceptors (Lipinski definition) is 7. The van der Waals surface area contributed by atoms with Gasteiger partial charge < -0.3 is 19.2 Å². The molecular formula is C20H21N3O6S. The predicted molar refractivity (Wildman–Crippen MR) is 109 cm³/mol. The van der Waals surface area contributed by atoms with E-state index >= 15 is 0 Å². The van der Waals surface area contributed by atoms with Crippen LogP contribution in [0.4, 0.5) is 5.69 Å². The molecule has 4 rings (SSSR count). The van der Waals surface area contributed by atoms with E-state index in [1.807, 2.05) is 0 Å². The Morgan fingerprint density at radius 1 is 1.10 bits per heavy atom. The minimum atomic E-state index is -3.79. The lowest BCUT2D eigenvalue weighted by Crippen LogP contribution is -2.27. The molecule has 0 bridgehead atoms. The number of carbonyl (C=O) groups is 1. The van der Waals surface area contributed by atoms with Crippen LogP contribution in [0.5, 0.6) is 11.5 Å². The van der Waals surface area contributed by atoms with Crippen LogP contribution in [-0.2, 0) is 14.8 Å². The summed E-state index contributed by atoms with van der Waals surface area (Å²) in [7, 11) is -3.79. The van der Waals surface area contributed by atoms with Crippen LogP contribution in [0, 0.1) is 6.92 Å². The number of aromatic nitrogens is 1. The molecule has 0 atom stereocenters. The summed E-state index contributed by atoms with van der Waals surface area (Å²) in [4.78, 5) is 16.5. The van der Waals surface area contributed by atoms with Gasteiger partial charge in [0.05, 0.1) is 18.1 Å². The molecule has 10 heteroatoms. The van der Waals surface area contributed by atoms with E-state index in [1.54, 1.807) is 31.2 Å². The SMILES string of the molecule is Cc1nc2cc(NC(=O)CCNS(=O)(=O)c3ccc4c(c3)OCCCO4)ccc2o1. The summed E-state index contributed by atoms with van der Waals surface area (Å²) < 4.78 is 43.9. The first-order valence-electron chi connectivity index (χ1n) is 9.47. The maximum Gasteiger partial charge on any atom is 0.240 e. The molecule has 0 saturated carbocycles. The molecule has 2 aromatic carbocycles. The van der Waals surface area contributed by atoms with Crippen LogP contribution in [0.2, 0.25) is 0 Å². The number of nitrogens with one attached hydrogen (secondary N) is 2. The van der Waals surface area contributed by atoms with Crippen LogP contribution in [0.1, 0.15) is 18.7 Å². The van der Waals surface area contributed by atoms with Crippen LogP contribution in [0.15, 0.2) is 45.7 Å². The number of amides is 1. The molecule has 0 radical (unpaired) electrons. The molecule has 1 aliphatic heterocycles. The van der Waals surface area contributed by atoms with E-state index in [2.05, 4.69) is 15.0 Å². The summed E-state index contributed by atoms with van der Waals surface area (Å²) in [5, 5.41) is 2.73. The van der Waals surface area contributed by atoms with Crippen LogP contribution < -0.4 is 19.5 Å². The molecule has 1 amide bonds. The van der Waals surface area contributed by atoms with Crippen molar-refractivity contribution in [2.45, 2.75) is 24.7 Å². The molecule has 0 aliphatic carbocycles. The van der Waals surface area contributed by atoms with E-state index in [-0.39, 0.29) is 23.8 Å². The van der Waals surface area contributed by atoms with Crippen molar-refractivity contribution in [1.82, 2.24) is 9.71 Å². The third-order valence-electron chi connectivity index (χ3n) is 4.45. The van der Waals surface area contributed by atoms with Gasteiger partial charge in [-0.05, 0) is 30.3 Å². The van der Waals surface area contributed by atoms with Crippen molar-refractivity contribution in [2.24, 2.45) is 0 Å². The zero-order chi connectivity index (χ0) is 21.1. The second-order valence-electron chi connectivity index (χ2n) is 6.77. The maximum absolute atomic E-state index is 12.5. The van der Waals surface area contributed by atoms with Gasteiger partial charge in [0.15, 0.2) is 23.0 Å². The number of fused-ring (bicyclic) bond motifs is 2. The first kappa shape index (κ1) is 20.2. The molecular weight excluding hydrogens is 410 g/mol. The summed E-state index contributed by atoms with van der Waals surface area (Å²) in [6.07, 6.45) is 0.701. The number of hydrogen-bond donors (Lipinski definition) is 2. The van der Waals surface area contributed by atoms with Crippen molar-refractivity contribution in [3.8, 4) is 11.5 Å². The summed E-state index contributed by atoms with van der Waals surface area (Å²) in [5.41, 5.74) is 1.83. The lowest BCUT2D eigenvalue weighted by molar-refractivity contribution is -0.116. The van der Waals surface area contributed by atoms with Gasteiger partial charge in [-0.2, -0.15) is 0 Å². The first-order chi connectivity index (χ1) is 14.4. The molecule has 0 spiro atoms. The monoisotopic (exact) mass is 431 g/mol. The van der Waals surface area contributed by atoms with Gasteiger partial charge in [-0.15, -0.1) is 0 Å². The summed E-state index contributed by atoms with van der Waals surface area (Å²) in [6.45, 7) is 2.68. The molecule has 0 unspecified atom stereocenters. The predicted octanol–water partition coefficient (Wildman–Crippen LogP) is 2.60. The molecule has 2 heterocycles. The van der Waals surface area contributed by atoms with Crippen LogP contribution >= 0.6 is 0 Å². The number of nitrogens with zero attached hydrogens (tertiary/aromatic N) is 1. The Bertz CT molecular complexity index is 1190. The van der Waals surface area contributed by atoms with Crippen LogP contribution in [0.25, 0.3) is 11.1 Å². The Kier molecular flexibility index (Phi) is 5.60. The molecule has 1 aromatic heterocycles. The van der Waals surface area contributed by atoms with E-state index in [0.29, 0.717) is 47.4 Å². The van der Waals surface area contributed by atoms with Gasteiger partial charge in [-0.3, -0.25) is 4.79 Å². The van der Waals surface area contributed by atoms with E-state index < -0.39 is 10.0 Å². The summed E-state index contributed by atoms with van der Waals surface area (Å²) in [5.74, 6) is 1.13. The molecule has 3 aromatic rings. The fourth-order valence-corrected chi connectivity index (χ4v) is 4.08. The van der Waals surface area contributed by atoms with Crippen molar-refractivity contribution in [1.29, 1.82) is 0 Å². The Morgan fingerprint density at radius 3 is 2.73 bits per heavy atom. The second-order valence-corrected chi connectivity index (χ2v) is 8.54. The van der Waals surface area contributed by atoms with Crippen molar-refractivity contribution >= 4 is 32.7 Å². The number of sulfonamides is 1. The van der Waals surface area contributed by atoms with E-state index in [9.17, 15) is 13.2 Å². The fourth-order valence-electron chi connectivity index (χ4n) is 3.04. The van der Waals surface area contributed by atoms with Crippen molar-refractivity contribution < 1.29 is 27.1 Å². The molecule has 0 saturated heterocycles. The van der Waals surface area contributed by atoms with E-state index in [4.69, 9.17) is 13.9 Å². The molecule has 9 nitrogen and oxygen atoms in total. The van der Waals surface area contributed by atoms with Crippen LogP contribution in [0.3, 0.4) is 0 Å². The third kappa shape index (κ3) is 4.55. The third-order valence-corrected chi connectivity index (χ3v) is 5.91. The van der Waals surface area contributed by atoms with E-state index in [1.165, 1.54) is 12.1 Å². The minimum absolute atomic E-state index is 0.0281. The number of rotatable bonds is 6. The Balaban J connectivity index is 1.34. The largest absolute Gasteiger partial charge is 0.490 e. The Labute approximate surface area is 173 Å². The van der Waals surface area contributed by atoms with Gasteiger partial charge >= 0.3 is 0 Å². The number of oxazole rings is 1. The quantitative estimate of drug-likeness (QED) is 0.615. The smallest absolute Gasteiger partial charge is 0.240 e. The Morgan fingerprint density at radius 2 is 1.90 bits per heavy atom.